The van der Waals surface area contributed by atoms with E-state index in [0.717, 1.165) is 18.9 Å². The second-order valence-electron chi connectivity index (χ2n) is 5.67. The summed E-state index contributed by atoms with van der Waals surface area (Å²) in [6, 6.07) is 1.11. The first-order valence-corrected chi connectivity index (χ1v) is 7.20. The third-order valence-corrected chi connectivity index (χ3v) is 4.32. The number of piperidine rings is 1. The largest absolute Gasteiger partial charge is 0.390 e. The van der Waals surface area contributed by atoms with Gasteiger partial charge in [-0.3, -0.25) is 9.88 Å². The van der Waals surface area contributed by atoms with E-state index in [4.69, 9.17) is 0 Å². The molecule has 0 bridgehead atoms. The molecule has 0 radical (unpaired) electrons. The van der Waals surface area contributed by atoms with Crippen molar-refractivity contribution in [2.24, 2.45) is 0 Å². The topological polar surface area (TPSA) is 52.5 Å². The van der Waals surface area contributed by atoms with Gasteiger partial charge in [0.05, 0.1) is 24.7 Å². The lowest BCUT2D eigenvalue weighted by Crippen LogP contribution is -2.59. The van der Waals surface area contributed by atoms with Crippen molar-refractivity contribution >= 4 is 5.82 Å². The smallest absolute Gasteiger partial charge is 0.147 e. The SMILES string of the molecule is CC1CN2CCCCC2CN1c1cncc(CO)n1. The van der Waals surface area contributed by atoms with Gasteiger partial charge in [-0.25, -0.2) is 4.98 Å². The van der Waals surface area contributed by atoms with Gasteiger partial charge in [-0.15, -0.1) is 0 Å². The Balaban J connectivity index is 1.79. The van der Waals surface area contributed by atoms with Gasteiger partial charge in [-0.2, -0.15) is 0 Å². The highest BCUT2D eigenvalue weighted by molar-refractivity contribution is 5.39. The van der Waals surface area contributed by atoms with Crippen molar-refractivity contribution in [2.75, 3.05) is 24.5 Å². The Morgan fingerprint density at radius 1 is 1.32 bits per heavy atom. The monoisotopic (exact) mass is 262 g/mol. The molecule has 1 aromatic rings. The molecule has 5 heteroatoms. The predicted octanol–water partition coefficient (Wildman–Crippen LogP) is 1.03. The standard InChI is InChI=1S/C14H22N4O/c1-11-8-17-5-3-2-4-13(17)9-18(11)14-7-15-6-12(10-19)16-14/h6-7,11,13,19H,2-5,8-10H2,1H3. The molecule has 2 unspecified atom stereocenters. The van der Waals surface area contributed by atoms with E-state index in [2.05, 4.69) is 26.7 Å². The van der Waals surface area contributed by atoms with E-state index < -0.39 is 0 Å². The summed E-state index contributed by atoms with van der Waals surface area (Å²) in [5.74, 6) is 0.907. The van der Waals surface area contributed by atoms with E-state index in [1.807, 2.05) is 6.20 Å². The molecule has 1 N–H and O–H groups in total. The highest BCUT2D eigenvalue weighted by Crippen LogP contribution is 2.26. The molecule has 1 aromatic heterocycles. The van der Waals surface area contributed by atoms with Gasteiger partial charge >= 0.3 is 0 Å². The Bertz CT molecular complexity index is 439. The quantitative estimate of drug-likeness (QED) is 0.863. The number of aliphatic hydroxyl groups is 1. The second kappa shape index (κ2) is 5.43. The van der Waals surface area contributed by atoms with Crippen LogP contribution in [0, 0.1) is 0 Å². The van der Waals surface area contributed by atoms with Crippen LogP contribution in [0.15, 0.2) is 12.4 Å². The Morgan fingerprint density at radius 3 is 3.05 bits per heavy atom. The van der Waals surface area contributed by atoms with E-state index in [9.17, 15) is 5.11 Å². The van der Waals surface area contributed by atoms with Gasteiger partial charge in [0.15, 0.2) is 0 Å². The summed E-state index contributed by atoms with van der Waals surface area (Å²) >= 11 is 0. The average Bonchev–Trinajstić information content (AvgIpc) is 2.46. The van der Waals surface area contributed by atoms with E-state index in [0.29, 0.717) is 17.8 Å². The normalized spacial score (nSPS) is 28.2. The number of nitrogens with zero attached hydrogens (tertiary/aromatic N) is 4. The maximum Gasteiger partial charge on any atom is 0.147 e. The molecular weight excluding hydrogens is 240 g/mol. The second-order valence-corrected chi connectivity index (χ2v) is 5.67. The Labute approximate surface area is 114 Å². The van der Waals surface area contributed by atoms with Crippen molar-refractivity contribution in [1.29, 1.82) is 0 Å². The minimum absolute atomic E-state index is 0.0430. The van der Waals surface area contributed by atoms with Crippen molar-refractivity contribution in [3.05, 3.63) is 18.1 Å². The molecular formula is C14H22N4O. The van der Waals surface area contributed by atoms with E-state index in [1.54, 1.807) is 6.20 Å². The van der Waals surface area contributed by atoms with Crippen LogP contribution in [0.25, 0.3) is 0 Å². The number of piperazine rings is 1. The molecule has 2 aliphatic heterocycles. The molecule has 3 heterocycles. The fourth-order valence-corrected chi connectivity index (χ4v) is 3.28. The zero-order valence-electron chi connectivity index (χ0n) is 11.5. The highest BCUT2D eigenvalue weighted by Gasteiger charge is 2.33. The molecule has 2 aliphatic rings. The van der Waals surface area contributed by atoms with Gasteiger partial charge < -0.3 is 10.0 Å². The molecule has 2 fully saturated rings. The van der Waals surface area contributed by atoms with E-state index >= 15 is 0 Å². The Kier molecular flexibility index (Phi) is 3.66. The molecule has 2 atom stereocenters. The summed E-state index contributed by atoms with van der Waals surface area (Å²) in [5, 5.41) is 9.18. The first kappa shape index (κ1) is 12.8. The molecule has 3 rings (SSSR count). The predicted molar refractivity (Wildman–Crippen MR) is 74.0 cm³/mol. The van der Waals surface area contributed by atoms with Crippen molar-refractivity contribution in [2.45, 2.75) is 44.9 Å². The third kappa shape index (κ3) is 2.58. The van der Waals surface area contributed by atoms with Crippen LogP contribution in [-0.4, -0.2) is 51.7 Å². The molecule has 0 saturated carbocycles. The number of hydrogen-bond donors (Lipinski definition) is 1. The van der Waals surface area contributed by atoms with Crippen LogP contribution in [0.1, 0.15) is 31.9 Å². The van der Waals surface area contributed by atoms with Gasteiger partial charge in [0.1, 0.15) is 5.82 Å². The molecule has 2 saturated heterocycles. The fraction of sp³-hybridized carbons (Fsp3) is 0.714. The molecule has 5 nitrogen and oxygen atoms in total. The summed E-state index contributed by atoms with van der Waals surface area (Å²) in [4.78, 5) is 13.7. The van der Waals surface area contributed by atoms with Crippen LogP contribution >= 0.6 is 0 Å². The zero-order chi connectivity index (χ0) is 13.2. The Morgan fingerprint density at radius 2 is 2.21 bits per heavy atom. The van der Waals surface area contributed by atoms with Gasteiger partial charge in [0.2, 0.25) is 0 Å². The maximum atomic E-state index is 9.18. The van der Waals surface area contributed by atoms with Crippen molar-refractivity contribution in [1.82, 2.24) is 14.9 Å². The highest BCUT2D eigenvalue weighted by atomic mass is 16.3. The zero-order valence-corrected chi connectivity index (χ0v) is 11.5. The van der Waals surface area contributed by atoms with Crippen molar-refractivity contribution in [3.63, 3.8) is 0 Å². The van der Waals surface area contributed by atoms with E-state index in [-0.39, 0.29) is 6.61 Å². The van der Waals surface area contributed by atoms with E-state index in [1.165, 1.54) is 25.8 Å². The average molecular weight is 262 g/mol. The Hall–Kier alpha value is -1.20. The fourth-order valence-electron chi connectivity index (χ4n) is 3.28. The lowest BCUT2D eigenvalue weighted by molar-refractivity contribution is 0.115. The molecule has 0 amide bonds. The molecule has 0 spiro atoms. The minimum atomic E-state index is -0.0430. The van der Waals surface area contributed by atoms with Gasteiger partial charge in [0.25, 0.3) is 0 Å². The van der Waals surface area contributed by atoms with Crippen LogP contribution in [0.4, 0.5) is 5.82 Å². The summed E-state index contributed by atoms with van der Waals surface area (Å²) in [7, 11) is 0. The number of rotatable bonds is 2. The minimum Gasteiger partial charge on any atom is -0.390 e. The number of fused-ring (bicyclic) bond motifs is 1. The number of aliphatic hydroxyl groups excluding tert-OH is 1. The van der Waals surface area contributed by atoms with Crippen LogP contribution in [0.5, 0.6) is 0 Å². The van der Waals surface area contributed by atoms with Crippen LogP contribution < -0.4 is 4.90 Å². The molecule has 0 aliphatic carbocycles. The molecule has 0 aromatic carbocycles. The van der Waals surface area contributed by atoms with Gasteiger partial charge in [-0.05, 0) is 26.3 Å². The van der Waals surface area contributed by atoms with Crippen LogP contribution in [0.2, 0.25) is 0 Å². The third-order valence-electron chi connectivity index (χ3n) is 4.32. The van der Waals surface area contributed by atoms with Crippen LogP contribution in [0.3, 0.4) is 0 Å². The lowest BCUT2D eigenvalue weighted by atomic mass is 9.97. The number of hydrogen-bond acceptors (Lipinski definition) is 5. The van der Waals surface area contributed by atoms with Crippen molar-refractivity contribution in [3.8, 4) is 0 Å². The van der Waals surface area contributed by atoms with Crippen LogP contribution in [-0.2, 0) is 6.61 Å². The summed E-state index contributed by atoms with van der Waals surface area (Å²) < 4.78 is 0. The first-order valence-electron chi connectivity index (χ1n) is 7.20. The first-order chi connectivity index (χ1) is 9.28. The molecule has 104 valence electrons. The molecule has 19 heavy (non-hydrogen) atoms. The summed E-state index contributed by atoms with van der Waals surface area (Å²) in [6.45, 7) is 5.59. The van der Waals surface area contributed by atoms with Crippen molar-refractivity contribution < 1.29 is 5.11 Å². The summed E-state index contributed by atoms with van der Waals surface area (Å²) in [5.41, 5.74) is 0.649. The number of aromatic nitrogens is 2. The van der Waals surface area contributed by atoms with Gasteiger partial charge in [0, 0.05) is 25.2 Å². The number of anilines is 1. The lowest BCUT2D eigenvalue weighted by Gasteiger charge is -2.47. The summed E-state index contributed by atoms with van der Waals surface area (Å²) in [6.07, 6.45) is 7.41. The van der Waals surface area contributed by atoms with Gasteiger partial charge in [-0.1, -0.05) is 6.42 Å². The maximum absolute atomic E-state index is 9.18.